The number of anilines is 1. The Bertz CT molecular complexity index is 1300. The molecular weight excluding hydrogens is 479 g/mol. The molecule has 0 unspecified atom stereocenters. The second-order valence-corrected chi connectivity index (χ2v) is 9.41. The van der Waals surface area contributed by atoms with Crippen molar-refractivity contribution in [3.8, 4) is 0 Å². The minimum Gasteiger partial charge on any atom is -0.427 e. The highest BCUT2D eigenvalue weighted by molar-refractivity contribution is 6.06. The van der Waals surface area contributed by atoms with E-state index in [2.05, 4.69) is 17.2 Å². The summed E-state index contributed by atoms with van der Waals surface area (Å²) < 4.78 is 19.1. The largest absolute Gasteiger partial charge is 0.427 e. The quantitative estimate of drug-likeness (QED) is 0.603. The number of fused-ring (bicyclic) bond motifs is 2. The highest BCUT2D eigenvalue weighted by Crippen LogP contribution is 2.46. The minimum atomic E-state index is -1.49. The SMILES string of the molecule is C=C[C@H]1CC[C@@H](c2ccc(F)cc2)N1C(=O)CN1C(=O)O[C@@]2(CCc3cc(NC(=O)NC)ccc32)C1=O. The van der Waals surface area contributed by atoms with Crippen molar-refractivity contribution < 1.29 is 28.3 Å². The topological polar surface area (TPSA) is 108 Å². The molecular formula is C27H27FN4O5. The molecule has 0 aromatic heterocycles. The van der Waals surface area contributed by atoms with Crippen LogP contribution in [0.5, 0.6) is 0 Å². The Balaban J connectivity index is 1.37. The van der Waals surface area contributed by atoms with E-state index in [0.29, 0.717) is 30.5 Å². The molecule has 2 saturated heterocycles. The van der Waals surface area contributed by atoms with Crippen LogP contribution in [0.2, 0.25) is 0 Å². The van der Waals surface area contributed by atoms with E-state index < -0.39 is 30.1 Å². The van der Waals surface area contributed by atoms with E-state index in [1.807, 2.05) is 0 Å². The molecule has 10 heteroatoms. The summed E-state index contributed by atoms with van der Waals surface area (Å²) >= 11 is 0. The van der Waals surface area contributed by atoms with Crippen molar-refractivity contribution in [2.75, 3.05) is 18.9 Å². The van der Waals surface area contributed by atoms with Gasteiger partial charge in [-0.2, -0.15) is 0 Å². The van der Waals surface area contributed by atoms with Gasteiger partial charge in [-0.3, -0.25) is 9.59 Å². The fourth-order valence-electron chi connectivity index (χ4n) is 5.58. The monoisotopic (exact) mass is 506 g/mol. The van der Waals surface area contributed by atoms with Crippen LogP contribution in [0.4, 0.5) is 19.7 Å². The molecule has 5 amide bonds. The summed E-state index contributed by atoms with van der Waals surface area (Å²) in [6.45, 7) is 3.37. The Labute approximate surface area is 213 Å². The number of benzene rings is 2. The molecule has 192 valence electrons. The molecule has 1 aliphatic carbocycles. The lowest BCUT2D eigenvalue weighted by molar-refractivity contribution is -0.142. The van der Waals surface area contributed by atoms with E-state index >= 15 is 0 Å². The van der Waals surface area contributed by atoms with Crippen molar-refractivity contribution in [2.24, 2.45) is 0 Å². The van der Waals surface area contributed by atoms with Crippen LogP contribution in [-0.2, 0) is 26.3 Å². The Kier molecular flexibility index (Phi) is 6.18. The molecule has 2 aliphatic heterocycles. The molecule has 2 aromatic rings. The number of likely N-dealkylation sites (tertiary alicyclic amines) is 1. The molecule has 9 nitrogen and oxygen atoms in total. The average molecular weight is 507 g/mol. The zero-order valence-corrected chi connectivity index (χ0v) is 20.3. The number of hydrogen-bond acceptors (Lipinski definition) is 5. The van der Waals surface area contributed by atoms with Gasteiger partial charge < -0.3 is 20.3 Å². The van der Waals surface area contributed by atoms with Crippen molar-refractivity contribution in [2.45, 2.75) is 43.4 Å². The van der Waals surface area contributed by atoms with Crippen LogP contribution in [0, 0.1) is 5.82 Å². The summed E-state index contributed by atoms with van der Waals surface area (Å²) in [6, 6.07) is 10.1. The number of nitrogens with one attached hydrogen (secondary N) is 2. The number of hydrogen-bond donors (Lipinski definition) is 2. The first-order chi connectivity index (χ1) is 17.8. The first kappa shape index (κ1) is 24.5. The van der Waals surface area contributed by atoms with Gasteiger partial charge in [0, 0.05) is 24.7 Å². The van der Waals surface area contributed by atoms with Gasteiger partial charge in [-0.25, -0.2) is 18.9 Å². The van der Waals surface area contributed by atoms with Crippen molar-refractivity contribution in [1.82, 2.24) is 15.1 Å². The summed E-state index contributed by atoms with van der Waals surface area (Å²) in [5.74, 6) is -1.37. The van der Waals surface area contributed by atoms with Crippen LogP contribution in [0.25, 0.3) is 0 Å². The number of ether oxygens (including phenoxy) is 1. The smallest absolute Gasteiger partial charge is 0.418 e. The molecule has 0 radical (unpaired) electrons. The summed E-state index contributed by atoms with van der Waals surface area (Å²) in [7, 11) is 1.51. The van der Waals surface area contributed by atoms with E-state index in [0.717, 1.165) is 16.0 Å². The number of urea groups is 1. The van der Waals surface area contributed by atoms with Crippen LogP contribution in [0.15, 0.2) is 55.1 Å². The number of carbonyl (C=O) groups is 4. The number of carbonyl (C=O) groups excluding carboxylic acids is 4. The van der Waals surface area contributed by atoms with Crippen LogP contribution >= 0.6 is 0 Å². The van der Waals surface area contributed by atoms with Gasteiger partial charge in [-0.1, -0.05) is 24.3 Å². The van der Waals surface area contributed by atoms with Gasteiger partial charge in [-0.05, 0) is 54.7 Å². The van der Waals surface area contributed by atoms with Crippen LogP contribution in [0.1, 0.15) is 42.0 Å². The maximum absolute atomic E-state index is 13.6. The lowest BCUT2D eigenvalue weighted by Gasteiger charge is -2.30. The number of nitrogens with zero attached hydrogens (tertiary/aromatic N) is 2. The zero-order chi connectivity index (χ0) is 26.3. The summed E-state index contributed by atoms with van der Waals surface area (Å²) in [6.07, 6.45) is 2.83. The molecule has 37 heavy (non-hydrogen) atoms. The molecule has 1 spiro atoms. The maximum Gasteiger partial charge on any atom is 0.418 e. The maximum atomic E-state index is 13.6. The first-order valence-corrected chi connectivity index (χ1v) is 12.1. The first-order valence-electron chi connectivity index (χ1n) is 12.1. The van der Waals surface area contributed by atoms with Gasteiger partial charge in [0.15, 0.2) is 0 Å². The van der Waals surface area contributed by atoms with Crippen LogP contribution in [0.3, 0.4) is 0 Å². The van der Waals surface area contributed by atoms with Gasteiger partial charge in [0.25, 0.3) is 5.91 Å². The minimum absolute atomic E-state index is 0.248. The number of amides is 5. The Morgan fingerprint density at radius 2 is 1.95 bits per heavy atom. The highest BCUT2D eigenvalue weighted by atomic mass is 19.1. The van der Waals surface area contributed by atoms with E-state index in [4.69, 9.17) is 4.74 Å². The van der Waals surface area contributed by atoms with Crippen molar-refractivity contribution in [3.63, 3.8) is 0 Å². The predicted molar refractivity (Wildman–Crippen MR) is 132 cm³/mol. The van der Waals surface area contributed by atoms with Gasteiger partial charge in [0.2, 0.25) is 11.5 Å². The van der Waals surface area contributed by atoms with Gasteiger partial charge >= 0.3 is 12.1 Å². The predicted octanol–water partition coefficient (Wildman–Crippen LogP) is 3.62. The molecule has 2 fully saturated rings. The molecule has 3 aliphatic rings. The molecule has 2 N–H and O–H groups in total. The van der Waals surface area contributed by atoms with Crippen molar-refractivity contribution >= 4 is 29.6 Å². The lowest BCUT2D eigenvalue weighted by atomic mass is 9.94. The number of aryl methyl sites for hydroxylation is 1. The molecule has 2 heterocycles. The Hall–Kier alpha value is -4.21. The summed E-state index contributed by atoms with van der Waals surface area (Å²) in [4.78, 5) is 54.1. The normalized spacial score (nSPS) is 24.3. The molecule has 3 atom stereocenters. The average Bonchev–Trinajstić information content (AvgIpc) is 3.55. The van der Waals surface area contributed by atoms with Gasteiger partial charge in [0.05, 0.1) is 12.1 Å². The third kappa shape index (κ3) is 4.12. The van der Waals surface area contributed by atoms with Crippen LogP contribution < -0.4 is 10.6 Å². The van der Waals surface area contributed by atoms with E-state index in [1.165, 1.54) is 19.2 Å². The molecule has 2 aromatic carbocycles. The Morgan fingerprint density at radius 1 is 1.19 bits per heavy atom. The second-order valence-electron chi connectivity index (χ2n) is 9.41. The van der Waals surface area contributed by atoms with Crippen molar-refractivity contribution in [1.29, 1.82) is 0 Å². The van der Waals surface area contributed by atoms with E-state index in [1.54, 1.807) is 41.3 Å². The third-order valence-electron chi connectivity index (χ3n) is 7.38. The van der Waals surface area contributed by atoms with Gasteiger partial charge in [-0.15, -0.1) is 6.58 Å². The number of rotatable bonds is 5. The lowest BCUT2D eigenvalue weighted by Crippen LogP contribution is -2.46. The third-order valence-corrected chi connectivity index (χ3v) is 7.38. The highest BCUT2D eigenvalue weighted by Gasteiger charge is 2.58. The molecule has 0 saturated carbocycles. The van der Waals surface area contributed by atoms with Gasteiger partial charge in [0.1, 0.15) is 12.4 Å². The fraction of sp³-hybridized carbons (Fsp3) is 0.333. The Morgan fingerprint density at radius 3 is 2.65 bits per heavy atom. The summed E-state index contributed by atoms with van der Waals surface area (Å²) in [5.41, 5.74) is 1.17. The van der Waals surface area contributed by atoms with Crippen LogP contribution in [-0.4, -0.2) is 53.4 Å². The van der Waals surface area contributed by atoms with E-state index in [9.17, 15) is 23.6 Å². The molecule has 5 rings (SSSR count). The number of imide groups is 1. The zero-order valence-electron chi connectivity index (χ0n) is 20.3. The second kappa shape index (κ2) is 9.34. The standard InChI is InChI=1S/C27H27FN4O5/c1-3-20-9-11-22(16-4-6-18(28)7-5-16)32(20)23(33)15-31-24(34)27(37-26(31)36)13-12-17-14-19(8-10-21(17)27)30-25(35)29-2/h3-8,10,14,20,22H,1,9,11-13,15H2,2H3,(H2,29,30,35)/t20-,22-,27+/m0/s1. The fourth-order valence-corrected chi connectivity index (χ4v) is 5.58. The van der Waals surface area contributed by atoms with Crippen molar-refractivity contribution in [3.05, 3.63) is 77.6 Å². The number of halogens is 1. The van der Waals surface area contributed by atoms with E-state index in [-0.39, 0.29) is 30.4 Å². The molecule has 0 bridgehead atoms. The summed E-state index contributed by atoms with van der Waals surface area (Å²) in [5, 5.41) is 5.16.